The van der Waals surface area contributed by atoms with E-state index in [2.05, 4.69) is 5.32 Å². The van der Waals surface area contributed by atoms with Crippen molar-refractivity contribution in [1.29, 1.82) is 0 Å². The summed E-state index contributed by atoms with van der Waals surface area (Å²) in [5, 5.41) is 2.59. The minimum Gasteiger partial charge on any atom is -0.493 e. The fourth-order valence-corrected chi connectivity index (χ4v) is 4.61. The van der Waals surface area contributed by atoms with Gasteiger partial charge in [0.25, 0.3) is 5.91 Å². The number of hydrogen-bond acceptors (Lipinski definition) is 5. The summed E-state index contributed by atoms with van der Waals surface area (Å²) in [6.45, 7) is -0.170. The van der Waals surface area contributed by atoms with Crippen molar-refractivity contribution in [3.8, 4) is 11.5 Å². The van der Waals surface area contributed by atoms with Gasteiger partial charge in [0.2, 0.25) is 10.0 Å². The van der Waals surface area contributed by atoms with Crippen LogP contribution in [0.15, 0.2) is 60.7 Å². The molecule has 0 aliphatic rings. The maximum atomic E-state index is 13.6. The van der Waals surface area contributed by atoms with Gasteiger partial charge in [-0.2, -0.15) is 13.2 Å². The Morgan fingerprint density at radius 1 is 0.946 bits per heavy atom. The summed E-state index contributed by atoms with van der Waals surface area (Å²) >= 11 is 5.72. The second kappa shape index (κ2) is 11.3. The molecule has 198 valence electrons. The van der Waals surface area contributed by atoms with Crippen molar-refractivity contribution in [1.82, 2.24) is 5.32 Å². The van der Waals surface area contributed by atoms with Gasteiger partial charge in [-0.3, -0.25) is 9.10 Å². The molecular formula is C25H24ClF3N2O5S. The number of rotatable bonds is 9. The molecule has 0 radical (unpaired) electrons. The lowest BCUT2D eigenvalue weighted by molar-refractivity contribution is -0.137. The second-order valence-electron chi connectivity index (χ2n) is 8.00. The lowest BCUT2D eigenvalue weighted by atomic mass is 10.1. The molecule has 0 atom stereocenters. The Balaban J connectivity index is 1.77. The summed E-state index contributed by atoms with van der Waals surface area (Å²) in [4.78, 5) is 12.6. The summed E-state index contributed by atoms with van der Waals surface area (Å²) in [7, 11) is -1.08. The van der Waals surface area contributed by atoms with Gasteiger partial charge >= 0.3 is 6.18 Å². The van der Waals surface area contributed by atoms with Gasteiger partial charge in [-0.1, -0.05) is 29.8 Å². The van der Waals surface area contributed by atoms with Crippen molar-refractivity contribution in [2.75, 3.05) is 24.8 Å². The third kappa shape index (κ3) is 7.07. The average Bonchev–Trinajstić information content (AvgIpc) is 2.85. The summed E-state index contributed by atoms with van der Waals surface area (Å²) in [6.07, 6.45) is -4.00. The van der Waals surface area contributed by atoms with Crippen LogP contribution in [-0.2, 0) is 29.3 Å². The maximum absolute atomic E-state index is 13.6. The van der Waals surface area contributed by atoms with Gasteiger partial charge in [-0.05, 0) is 53.6 Å². The molecule has 0 fully saturated rings. The highest BCUT2D eigenvalue weighted by atomic mass is 35.5. The van der Waals surface area contributed by atoms with Crippen molar-refractivity contribution < 1.29 is 35.9 Å². The summed E-state index contributed by atoms with van der Waals surface area (Å²) in [5.41, 5.74) is -0.273. The molecule has 3 rings (SSSR count). The molecule has 0 saturated heterocycles. The molecule has 3 aromatic rings. The van der Waals surface area contributed by atoms with Gasteiger partial charge in [-0.15, -0.1) is 0 Å². The fraction of sp³-hybridized carbons (Fsp3) is 0.240. The quantitative estimate of drug-likeness (QED) is 0.388. The minimum atomic E-state index is -4.82. The molecule has 0 heterocycles. The smallest absolute Gasteiger partial charge is 0.418 e. The van der Waals surface area contributed by atoms with Crippen molar-refractivity contribution >= 4 is 33.2 Å². The Morgan fingerprint density at radius 3 is 2.14 bits per heavy atom. The number of carbonyl (C=O) groups is 1. The van der Waals surface area contributed by atoms with Gasteiger partial charge in [0.1, 0.15) is 0 Å². The van der Waals surface area contributed by atoms with Crippen LogP contribution in [0.5, 0.6) is 11.5 Å². The number of anilines is 1. The number of alkyl halides is 3. The first kappa shape index (κ1) is 28.1. The molecule has 0 bridgehead atoms. The Morgan fingerprint density at radius 2 is 1.57 bits per heavy atom. The molecule has 0 saturated carbocycles. The van der Waals surface area contributed by atoms with Gasteiger partial charge in [0, 0.05) is 17.1 Å². The van der Waals surface area contributed by atoms with Crippen LogP contribution >= 0.6 is 11.6 Å². The van der Waals surface area contributed by atoms with E-state index in [0.29, 0.717) is 27.4 Å². The van der Waals surface area contributed by atoms with Gasteiger partial charge in [-0.25, -0.2) is 8.42 Å². The largest absolute Gasteiger partial charge is 0.493 e. The highest BCUT2D eigenvalue weighted by Gasteiger charge is 2.37. The molecule has 12 heteroatoms. The van der Waals surface area contributed by atoms with E-state index in [-0.39, 0.29) is 23.7 Å². The van der Waals surface area contributed by atoms with Crippen LogP contribution in [0, 0.1) is 0 Å². The van der Waals surface area contributed by atoms with E-state index in [0.717, 1.165) is 17.9 Å². The van der Waals surface area contributed by atoms with Crippen molar-refractivity contribution in [3.63, 3.8) is 0 Å². The van der Waals surface area contributed by atoms with Gasteiger partial charge in [0.05, 0.1) is 38.3 Å². The molecule has 0 aliphatic carbocycles. The van der Waals surface area contributed by atoms with E-state index < -0.39 is 33.4 Å². The lowest BCUT2D eigenvalue weighted by Gasteiger charge is -2.26. The Labute approximate surface area is 217 Å². The molecule has 0 aromatic heterocycles. The Kier molecular flexibility index (Phi) is 8.60. The number of nitrogens with one attached hydrogen (secondary N) is 1. The third-order valence-electron chi connectivity index (χ3n) is 5.38. The highest BCUT2D eigenvalue weighted by Crippen LogP contribution is 2.39. The first-order valence-electron chi connectivity index (χ1n) is 10.8. The average molecular weight is 557 g/mol. The maximum Gasteiger partial charge on any atom is 0.418 e. The predicted molar refractivity (Wildman–Crippen MR) is 135 cm³/mol. The van der Waals surface area contributed by atoms with Gasteiger partial charge in [0.15, 0.2) is 11.5 Å². The molecule has 0 aliphatic heterocycles. The zero-order valence-corrected chi connectivity index (χ0v) is 21.7. The van der Waals surface area contributed by atoms with Crippen LogP contribution in [0.2, 0.25) is 5.02 Å². The SMILES string of the molecule is COc1ccc(CNC(=O)c2ccc(CN(c3ccc(Cl)cc3C(F)(F)F)S(C)(=O)=O)cc2)cc1OC. The third-order valence-corrected chi connectivity index (χ3v) is 6.74. The number of benzene rings is 3. The topological polar surface area (TPSA) is 84.9 Å². The summed E-state index contributed by atoms with van der Waals surface area (Å²) < 4.78 is 76.7. The molecule has 0 spiro atoms. The standard InChI is InChI=1S/C25H24ClF3N2O5S/c1-35-22-11-6-17(12-23(22)36-2)14-30-24(32)18-7-4-16(5-8-18)15-31(37(3,33)34)21-10-9-19(26)13-20(21)25(27,28)29/h4-13H,14-15H2,1-3H3,(H,30,32). The van der Waals surface area contributed by atoms with Crippen molar-refractivity contribution in [2.45, 2.75) is 19.3 Å². The molecule has 7 nitrogen and oxygen atoms in total. The van der Waals surface area contributed by atoms with Crippen LogP contribution in [0.3, 0.4) is 0 Å². The van der Waals surface area contributed by atoms with E-state index in [1.807, 2.05) is 0 Å². The van der Waals surface area contributed by atoms with Crippen LogP contribution in [0.4, 0.5) is 18.9 Å². The highest BCUT2D eigenvalue weighted by molar-refractivity contribution is 7.92. The normalized spacial score (nSPS) is 11.6. The van der Waals surface area contributed by atoms with Crippen LogP contribution < -0.4 is 19.1 Å². The molecule has 3 aromatic carbocycles. The van der Waals surface area contributed by atoms with E-state index in [1.54, 1.807) is 18.2 Å². The zero-order chi connectivity index (χ0) is 27.4. The molecule has 1 amide bonds. The van der Waals surface area contributed by atoms with Crippen LogP contribution in [0.1, 0.15) is 27.0 Å². The van der Waals surface area contributed by atoms with Crippen molar-refractivity contribution in [2.24, 2.45) is 0 Å². The second-order valence-corrected chi connectivity index (χ2v) is 10.3. The fourth-order valence-electron chi connectivity index (χ4n) is 3.54. The number of amides is 1. The molecule has 0 unspecified atom stereocenters. The number of nitrogens with zero attached hydrogens (tertiary/aromatic N) is 1. The molecule has 1 N–H and O–H groups in total. The number of carbonyl (C=O) groups excluding carboxylic acids is 1. The zero-order valence-electron chi connectivity index (χ0n) is 20.1. The predicted octanol–water partition coefficient (Wildman–Crippen LogP) is 5.27. The van der Waals surface area contributed by atoms with E-state index >= 15 is 0 Å². The number of ether oxygens (including phenoxy) is 2. The molecular weight excluding hydrogens is 533 g/mol. The van der Waals surface area contributed by atoms with E-state index in [4.69, 9.17) is 21.1 Å². The minimum absolute atomic E-state index is 0.173. The van der Waals surface area contributed by atoms with Gasteiger partial charge < -0.3 is 14.8 Å². The number of sulfonamides is 1. The van der Waals surface area contributed by atoms with Crippen LogP contribution in [-0.4, -0.2) is 34.8 Å². The number of halogens is 4. The first-order chi connectivity index (χ1) is 17.3. The number of hydrogen-bond donors (Lipinski definition) is 1. The van der Waals surface area contributed by atoms with Crippen molar-refractivity contribution in [3.05, 3.63) is 87.9 Å². The Hall–Kier alpha value is -3.44. The van der Waals surface area contributed by atoms with E-state index in [1.165, 1.54) is 44.6 Å². The first-order valence-corrected chi connectivity index (χ1v) is 13.0. The van der Waals surface area contributed by atoms with Crippen LogP contribution in [0.25, 0.3) is 0 Å². The summed E-state index contributed by atoms with van der Waals surface area (Å²) in [5.74, 6) is 0.680. The molecule has 37 heavy (non-hydrogen) atoms. The summed E-state index contributed by atoms with van der Waals surface area (Å²) in [6, 6.07) is 14.0. The Bertz CT molecular complexity index is 1380. The number of methoxy groups -OCH3 is 2. The monoisotopic (exact) mass is 556 g/mol. The van der Waals surface area contributed by atoms with E-state index in [9.17, 15) is 26.4 Å². The lowest BCUT2D eigenvalue weighted by Crippen LogP contribution is -2.31.